The van der Waals surface area contributed by atoms with Crippen LogP contribution in [0.5, 0.6) is 5.75 Å². The molecule has 3 rings (SSSR count). The molecule has 2 nitrogen and oxygen atoms in total. The molecule has 0 aliphatic carbocycles. The molecule has 1 aromatic carbocycles. The maximum absolute atomic E-state index is 5.94. The summed E-state index contributed by atoms with van der Waals surface area (Å²) >= 11 is 0. The summed E-state index contributed by atoms with van der Waals surface area (Å²) in [7, 11) is 0. The highest BCUT2D eigenvalue weighted by atomic mass is 16.5. The first-order valence-electron chi connectivity index (χ1n) is 6.63. The molecule has 2 heteroatoms. The number of fused-ring (bicyclic) bond motifs is 1. The van der Waals surface area contributed by atoms with Crippen LogP contribution in [0.3, 0.4) is 0 Å². The molecule has 0 spiro atoms. The molecule has 3 aromatic rings. The Morgan fingerprint density at radius 2 is 1.84 bits per heavy atom. The summed E-state index contributed by atoms with van der Waals surface area (Å²) in [6, 6.07) is 16.5. The lowest BCUT2D eigenvalue weighted by molar-refractivity contribution is 0.309. The van der Waals surface area contributed by atoms with Crippen molar-refractivity contribution in [3.63, 3.8) is 0 Å². The fourth-order valence-corrected chi connectivity index (χ4v) is 2.22. The van der Waals surface area contributed by atoms with Crippen LogP contribution in [0.2, 0.25) is 0 Å². The summed E-state index contributed by atoms with van der Waals surface area (Å²) in [5, 5.41) is 0. The topological polar surface area (TPSA) is 13.6 Å². The van der Waals surface area contributed by atoms with Crippen molar-refractivity contribution in [3.05, 3.63) is 72.1 Å². The highest BCUT2D eigenvalue weighted by molar-refractivity contribution is 5.62. The predicted molar refractivity (Wildman–Crippen MR) is 77.5 cm³/mol. The predicted octanol–water partition coefficient (Wildman–Crippen LogP) is 4.08. The van der Waals surface area contributed by atoms with Crippen molar-refractivity contribution < 1.29 is 4.74 Å². The van der Waals surface area contributed by atoms with Gasteiger partial charge < -0.3 is 9.14 Å². The third-order valence-electron chi connectivity index (χ3n) is 3.30. The van der Waals surface area contributed by atoms with E-state index >= 15 is 0 Å². The summed E-state index contributed by atoms with van der Waals surface area (Å²) in [4.78, 5) is 0. The standard InChI is InChI=1S/C17H17NO/c1-2-14-11-16-17(9-6-10-18(16)12-14)19-13-15-7-4-3-5-8-15/h3-12H,2,13H2,1H3. The van der Waals surface area contributed by atoms with Gasteiger partial charge in [0.15, 0.2) is 0 Å². The molecular weight excluding hydrogens is 234 g/mol. The van der Waals surface area contributed by atoms with Crippen molar-refractivity contribution in [1.82, 2.24) is 4.40 Å². The molecule has 2 aromatic heterocycles. The number of ether oxygens (including phenoxy) is 1. The van der Waals surface area contributed by atoms with Crippen molar-refractivity contribution in [2.45, 2.75) is 20.0 Å². The quantitative estimate of drug-likeness (QED) is 0.681. The highest BCUT2D eigenvalue weighted by Crippen LogP contribution is 2.23. The molecule has 19 heavy (non-hydrogen) atoms. The molecule has 2 heterocycles. The third kappa shape index (κ3) is 2.48. The van der Waals surface area contributed by atoms with Crippen molar-refractivity contribution in [3.8, 4) is 5.75 Å². The van der Waals surface area contributed by atoms with Gasteiger partial charge in [0.1, 0.15) is 12.4 Å². The zero-order valence-corrected chi connectivity index (χ0v) is 11.0. The van der Waals surface area contributed by atoms with E-state index in [1.54, 1.807) is 0 Å². The van der Waals surface area contributed by atoms with E-state index in [0.717, 1.165) is 17.7 Å². The minimum Gasteiger partial charge on any atom is -0.487 e. The van der Waals surface area contributed by atoms with E-state index in [2.05, 4.69) is 41.9 Å². The number of nitrogens with zero attached hydrogens (tertiary/aromatic N) is 1. The van der Waals surface area contributed by atoms with E-state index in [9.17, 15) is 0 Å². The maximum Gasteiger partial charge on any atom is 0.143 e. The Balaban J connectivity index is 1.86. The van der Waals surface area contributed by atoms with Gasteiger partial charge in [0.05, 0.1) is 5.52 Å². The number of rotatable bonds is 4. The van der Waals surface area contributed by atoms with E-state index in [0.29, 0.717) is 6.61 Å². The van der Waals surface area contributed by atoms with E-state index in [1.807, 2.05) is 30.3 Å². The van der Waals surface area contributed by atoms with Crippen LogP contribution >= 0.6 is 0 Å². The number of benzene rings is 1. The van der Waals surface area contributed by atoms with E-state index < -0.39 is 0 Å². The first kappa shape index (κ1) is 11.8. The Morgan fingerprint density at radius 3 is 2.63 bits per heavy atom. The second kappa shape index (κ2) is 5.19. The monoisotopic (exact) mass is 251 g/mol. The van der Waals surface area contributed by atoms with Crippen LogP contribution in [0.4, 0.5) is 0 Å². The highest BCUT2D eigenvalue weighted by Gasteiger charge is 2.04. The fourth-order valence-electron chi connectivity index (χ4n) is 2.22. The molecule has 0 N–H and O–H groups in total. The Kier molecular flexibility index (Phi) is 3.23. The number of hydrogen-bond donors (Lipinski definition) is 0. The Bertz CT molecular complexity index is 670. The van der Waals surface area contributed by atoms with Crippen LogP contribution < -0.4 is 4.74 Å². The molecule has 0 saturated heterocycles. The van der Waals surface area contributed by atoms with Crippen molar-refractivity contribution >= 4 is 5.52 Å². The van der Waals surface area contributed by atoms with Crippen molar-refractivity contribution in [1.29, 1.82) is 0 Å². The maximum atomic E-state index is 5.94. The SMILES string of the molecule is CCc1cc2c(OCc3ccccc3)cccn2c1. The molecule has 0 aliphatic heterocycles. The number of aromatic nitrogens is 1. The summed E-state index contributed by atoms with van der Waals surface area (Å²) in [6.45, 7) is 2.77. The van der Waals surface area contributed by atoms with Crippen molar-refractivity contribution in [2.75, 3.05) is 0 Å². The molecule has 0 bridgehead atoms. The van der Waals surface area contributed by atoms with Crippen LogP contribution in [0.15, 0.2) is 60.9 Å². The van der Waals surface area contributed by atoms with E-state index in [4.69, 9.17) is 4.74 Å². The second-order valence-corrected chi connectivity index (χ2v) is 4.64. The lowest BCUT2D eigenvalue weighted by Crippen LogP contribution is -1.96. The Hall–Kier alpha value is -2.22. The minimum atomic E-state index is 0.604. The minimum absolute atomic E-state index is 0.604. The van der Waals surface area contributed by atoms with Gasteiger partial charge in [-0.2, -0.15) is 0 Å². The van der Waals surface area contributed by atoms with Gasteiger partial charge in [0.2, 0.25) is 0 Å². The third-order valence-corrected chi connectivity index (χ3v) is 3.30. The number of aryl methyl sites for hydroxylation is 1. The summed E-state index contributed by atoms with van der Waals surface area (Å²) in [5.41, 5.74) is 3.65. The van der Waals surface area contributed by atoms with Crippen LogP contribution in [-0.2, 0) is 13.0 Å². The average molecular weight is 251 g/mol. The molecule has 0 aliphatic rings. The molecule has 0 amide bonds. The second-order valence-electron chi connectivity index (χ2n) is 4.64. The van der Waals surface area contributed by atoms with Gasteiger partial charge in [-0.25, -0.2) is 0 Å². The molecular formula is C17H17NO. The number of pyridine rings is 1. The molecule has 0 saturated carbocycles. The Morgan fingerprint density at radius 1 is 1.00 bits per heavy atom. The zero-order chi connectivity index (χ0) is 13.1. The van der Waals surface area contributed by atoms with Gasteiger partial charge in [-0.05, 0) is 35.7 Å². The Labute approximate surface area is 113 Å². The van der Waals surface area contributed by atoms with E-state index in [1.165, 1.54) is 11.1 Å². The van der Waals surface area contributed by atoms with Crippen LogP contribution in [0, 0.1) is 0 Å². The lowest BCUT2D eigenvalue weighted by Gasteiger charge is -2.08. The van der Waals surface area contributed by atoms with Crippen LogP contribution in [0.1, 0.15) is 18.1 Å². The largest absolute Gasteiger partial charge is 0.487 e. The molecule has 0 unspecified atom stereocenters. The van der Waals surface area contributed by atoms with Gasteiger partial charge in [-0.3, -0.25) is 0 Å². The summed E-state index contributed by atoms with van der Waals surface area (Å²) in [5.74, 6) is 0.936. The smallest absolute Gasteiger partial charge is 0.143 e. The van der Waals surface area contributed by atoms with Gasteiger partial charge in [-0.1, -0.05) is 37.3 Å². The van der Waals surface area contributed by atoms with Crippen molar-refractivity contribution in [2.24, 2.45) is 0 Å². The lowest BCUT2D eigenvalue weighted by atomic mass is 10.2. The fraction of sp³-hybridized carbons (Fsp3) is 0.176. The van der Waals surface area contributed by atoms with Gasteiger partial charge in [0, 0.05) is 12.4 Å². The first-order valence-corrected chi connectivity index (χ1v) is 6.63. The molecule has 0 radical (unpaired) electrons. The van der Waals surface area contributed by atoms with Crippen LogP contribution in [0.25, 0.3) is 5.52 Å². The zero-order valence-electron chi connectivity index (χ0n) is 11.0. The number of hydrogen-bond acceptors (Lipinski definition) is 1. The normalized spacial score (nSPS) is 10.8. The molecule has 96 valence electrons. The van der Waals surface area contributed by atoms with E-state index in [-0.39, 0.29) is 0 Å². The van der Waals surface area contributed by atoms with Crippen LogP contribution in [-0.4, -0.2) is 4.40 Å². The molecule has 0 atom stereocenters. The average Bonchev–Trinajstić information content (AvgIpc) is 2.90. The van der Waals surface area contributed by atoms with Gasteiger partial charge >= 0.3 is 0 Å². The summed E-state index contributed by atoms with van der Waals surface area (Å²) < 4.78 is 8.07. The van der Waals surface area contributed by atoms with Gasteiger partial charge in [0.25, 0.3) is 0 Å². The first-order chi connectivity index (χ1) is 9.36. The summed E-state index contributed by atoms with van der Waals surface area (Å²) in [6.07, 6.45) is 5.26. The molecule has 0 fully saturated rings. The van der Waals surface area contributed by atoms with Gasteiger partial charge in [-0.15, -0.1) is 0 Å².